The van der Waals surface area contributed by atoms with Gasteiger partial charge in [-0.25, -0.2) is 0 Å². The van der Waals surface area contributed by atoms with Crippen molar-refractivity contribution in [1.82, 2.24) is 0 Å². The number of nitriles is 2. The monoisotopic (exact) mass is 196 g/mol. The molecular weight excluding hydrogens is 184 g/mol. The number of nitrogens with zero attached hydrogens (tertiary/aromatic N) is 2. The van der Waals surface area contributed by atoms with Crippen LogP contribution in [-0.2, 0) is 9.53 Å². The highest BCUT2D eigenvalue weighted by atomic mass is 16.5. The van der Waals surface area contributed by atoms with Crippen molar-refractivity contribution in [2.75, 3.05) is 13.2 Å². The Bertz CT molecular complexity index is 238. The molecule has 0 saturated heterocycles. The third kappa shape index (κ3) is 5.99. The number of unbranched alkanes of at least 4 members (excludes halogenated alkanes) is 1. The third-order valence-corrected chi connectivity index (χ3v) is 1.50. The first-order valence-electron chi connectivity index (χ1n) is 4.30. The van der Waals surface area contributed by atoms with Gasteiger partial charge in [0, 0.05) is 6.61 Å². The molecule has 5 nitrogen and oxygen atoms in total. The third-order valence-electron chi connectivity index (χ3n) is 1.50. The largest absolute Gasteiger partial charge is 0.466 e. The summed E-state index contributed by atoms with van der Waals surface area (Å²) in [5.41, 5.74) is 0. The van der Waals surface area contributed by atoms with Crippen LogP contribution in [0.1, 0.15) is 19.3 Å². The molecule has 0 aromatic rings. The van der Waals surface area contributed by atoms with Crippen LogP contribution in [0.5, 0.6) is 0 Å². The van der Waals surface area contributed by atoms with E-state index < -0.39 is 11.9 Å². The second kappa shape index (κ2) is 8.03. The van der Waals surface area contributed by atoms with E-state index in [1.165, 1.54) is 0 Å². The van der Waals surface area contributed by atoms with Crippen molar-refractivity contribution in [3.63, 3.8) is 0 Å². The van der Waals surface area contributed by atoms with Crippen molar-refractivity contribution >= 4 is 5.97 Å². The lowest BCUT2D eigenvalue weighted by atomic mass is 10.1. The molecule has 0 amide bonds. The maximum Gasteiger partial charge on any atom is 0.308 e. The summed E-state index contributed by atoms with van der Waals surface area (Å²) < 4.78 is 4.73. The standard InChI is InChI=1S/C9H12N2O3/c10-6-8(7-11)5-9(13)14-4-2-1-3-12/h8,12H,1-5H2. The SMILES string of the molecule is N#CC(C#N)CC(=O)OCCCCO. The highest BCUT2D eigenvalue weighted by Gasteiger charge is 2.12. The molecule has 0 aromatic carbocycles. The Hall–Kier alpha value is -1.59. The van der Waals surface area contributed by atoms with Gasteiger partial charge < -0.3 is 9.84 Å². The van der Waals surface area contributed by atoms with Gasteiger partial charge in [0.1, 0.15) is 5.92 Å². The molecule has 0 fully saturated rings. The molecule has 0 aliphatic heterocycles. The molecule has 0 unspecified atom stereocenters. The van der Waals surface area contributed by atoms with Gasteiger partial charge in [-0.15, -0.1) is 0 Å². The van der Waals surface area contributed by atoms with Gasteiger partial charge >= 0.3 is 5.97 Å². The zero-order valence-electron chi connectivity index (χ0n) is 7.77. The predicted molar refractivity (Wildman–Crippen MR) is 46.6 cm³/mol. The van der Waals surface area contributed by atoms with Crippen LogP contribution in [0.4, 0.5) is 0 Å². The Morgan fingerprint density at radius 2 is 2.00 bits per heavy atom. The van der Waals surface area contributed by atoms with E-state index in [1.54, 1.807) is 12.1 Å². The number of ether oxygens (including phenoxy) is 1. The zero-order valence-corrected chi connectivity index (χ0v) is 7.77. The Morgan fingerprint density at radius 1 is 1.36 bits per heavy atom. The van der Waals surface area contributed by atoms with Crippen LogP contribution >= 0.6 is 0 Å². The molecule has 0 spiro atoms. The van der Waals surface area contributed by atoms with E-state index in [0.717, 1.165) is 0 Å². The fourth-order valence-electron chi connectivity index (χ4n) is 0.746. The first-order valence-corrected chi connectivity index (χ1v) is 4.30. The summed E-state index contributed by atoms with van der Waals surface area (Å²) in [7, 11) is 0. The Labute approximate surface area is 82.5 Å². The molecule has 76 valence electrons. The van der Waals surface area contributed by atoms with E-state index in [-0.39, 0.29) is 19.6 Å². The minimum atomic E-state index is -0.930. The second-order valence-electron chi connectivity index (χ2n) is 2.67. The normalized spacial score (nSPS) is 9.14. The number of carbonyl (C=O) groups is 1. The molecule has 0 bridgehead atoms. The van der Waals surface area contributed by atoms with Crippen LogP contribution in [-0.4, -0.2) is 24.3 Å². The summed E-state index contributed by atoms with van der Waals surface area (Å²) in [5.74, 6) is -1.48. The predicted octanol–water partition coefficient (Wildman–Crippen LogP) is 0.356. The van der Waals surface area contributed by atoms with Gasteiger partial charge in [0.25, 0.3) is 0 Å². The van der Waals surface area contributed by atoms with Crippen LogP contribution in [0.2, 0.25) is 0 Å². The molecule has 0 radical (unpaired) electrons. The lowest BCUT2D eigenvalue weighted by molar-refractivity contribution is -0.144. The molecule has 0 aliphatic carbocycles. The summed E-state index contributed by atoms with van der Waals surface area (Å²) in [5, 5.41) is 25.2. The average Bonchev–Trinajstić information content (AvgIpc) is 2.21. The van der Waals surface area contributed by atoms with Gasteiger partial charge in [-0.05, 0) is 12.8 Å². The number of aliphatic hydroxyl groups is 1. The van der Waals surface area contributed by atoms with Crippen LogP contribution in [0.25, 0.3) is 0 Å². The van der Waals surface area contributed by atoms with E-state index in [2.05, 4.69) is 0 Å². The summed E-state index contributed by atoms with van der Waals surface area (Å²) >= 11 is 0. The van der Waals surface area contributed by atoms with Crippen LogP contribution in [0.3, 0.4) is 0 Å². The van der Waals surface area contributed by atoms with Crippen molar-refractivity contribution < 1.29 is 14.6 Å². The average molecular weight is 196 g/mol. The van der Waals surface area contributed by atoms with E-state index >= 15 is 0 Å². The summed E-state index contributed by atoms with van der Waals surface area (Å²) in [6.45, 7) is 0.291. The zero-order chi connectivity index (χ0) is 10.8. The lowest BCUT2D eigenvalue weighted by Gasteiger charge is -2.03. The van der Waals surface area contributed by atoms with Gasteiger partial charge in [0.2, 0.25) is 0 Å². The van der Waals surface area contributed by atoms with Crippen molar-refractivity contribution in [2.45, 2.75) is 19.3 Å². The number of hydrogen-bond acceptors (Lipinski definition) is 5. The smallest absolute Gasteiger partial charge is 0.308 e. The van der Waals surface area contributed by atoms with Gasteiger partial charge in [-0.2, -0.15) is 10.5 Å². The molecule has 0 heterocycles. The summed E-state index contributed by atoms with van der Waals surface area (Å²) in [4.78, 5) is 10.9. The molecule has 0 atom stereocenters. The maximum absolute atomic E-state index is 10.9. The van der Waals surface area contributed by atoms with Gasteiger partial charge in [0.15, 0.2) is 0 Å². The minimum Gasteiger partial charge on any atom is -0.466 e. The topological polar surface area (TPSA) is 94.1 Å². The number of carbonyl (C=O) groups excluding carboxylic acids is 1. The molecule has 14 heavy (non-hydrogen) atoms. The lowest BCUT2D eigenvalue weighted by Crippen LogP contribution is -2.10. The first kappa shape index (κ1) is 12.4. The van der Waals surface area contributed by atoms with Crippen molar-refractivity contribution in [3.8, 4) is 12.1 Å². The maximum atomic E-state index is 10.9. The van der Waals surface area contributed by atoms with E-state index in [0.29, 0.717) is 12.8 Å². The molecule has 1 N–H and O–H groups in total. The number of esters is 1. The van der Waals surface area contributed by atoms with Crippen molar-refractivity contribution in [2.24, 2.45) is 5.92 Å². The number of aliphatic hydroxyl groups excluding tert-OH is 1. The summed E-state index contributed by atoms with van der Waals surface area (Å²) in [6, 6.07) is 3.36. The van der Waals surface area contributed by atoms with Crippen molar-refractivity contribution in [3.05, 3.63) is 0 Å². The number of hydrogen-bond donors (Lipinski definition) is 1. The molecule has 0 rings (SSSR count). The van der Waals surface area contributed by atoms with Gasteiger partial charge in [0.05, 0.1) is 25.2 Å². The fourth-order valence-corrected chi connectivity index (χ4v) is 0.746. The summed E-state index contributed by atoms with van der Waals surface area (Å²) in [6.07, 6.45) is 0.978. The van der Waals surface area contributed by atoms with E-state index in [4.69, 9.17) is 20.4 Å². The highest BCUT2D eigenvalue weighted by Crippen LogP contribution is 2.01. The fraction of sp³-hybridized carbons (Fsp3) is 0.667. The van der Waals surface area contributed by atoms with E-state index in [1.807, 2.05) is 0 Å². The van der Waals surface area contributed by atoms with E-state index in [9.17, 15) is 4.79 Å². The molecule has 0 aromatic heterocycles. The molecular formula is C9H12N2O3. The Balaban J connectivity index is 3.57. The minimum absolute atomic E-state index is 0.0660. The van der Waals surface area contributed by atoms with Crippen LogP contribution in [0, 0.1) is 28.6 Å². The molecule has 0 saturated carbocycles. The highest BCUT2D eigenvalue weighted by molar-refractivity contribution is 5.70. The van der Waals surface area contributed by atoms with Crippen molar-refractivity contribution in [1.29, 1.82) is 10.5 Å². The molecule has 0 aliphatic rings. The van der Waals surface area contributed by atoms with Crippen LogP contribution in [0.15, 0.2) is 0 Å². The van der Waals surface area contributed by atoms with Gasteiger partial charge in [-0.3, -0.25) is 4.79 Å². The van der Waals surface area contributed by atoms with Crippen LogP contribution < -0.4 is 0 Å². The molecule has 5 heteroatoms. The second-order valence-corrected chi connectivity index (χ2v) is 2.67. The Morgan fingerprint density at radius 3 is 2.50 bits per heavy atom. The quantitative estimate of drug-likeness (QED) is 0.488. The number of rotatable bonds is 6. The Kier molecular flexibility index (Phi) is 7.12. The first-order chi connectivity index (χ1) is 6.74. The van der Waals surface area contributed by atoms with Gasteiger partial charge in [-0.1, -0.05) is 0 Å².